The normalized spacial score (nSPS) is 26.7. The summed E-state index contributed by atoms with van der Waals surface area (Å²) in [6.45, 7) is 5.13. The Labute approximate surface area is 104 Å². The molecule has 16 heavy (non-hydrogen) atoms. The van der Waals surface area contributed by atoms with Crippen LogP contribution in [0.1, 0.15) is 13.3 Å². The van der Waals surface area contributed by atoms with Gasteiger partial charge in [-0.05, 0) is 25.8 Å². The van der Waals surface area contributed by atoms with Gasteiger partial charge in [0, 0.05) is 25.7 Å². The summed E-state index contributed by atoms with van der Waals surface area (Å²) < 4.78 is 24.2. The maximum Gasteiger partial charge on any atom is 0.208 e. The van der Waals surface area contributed by atoms with E-state index in [-0.39, 0.29) is 12.4 Å². The molecule has 0 radical (unpaired) electrons. The SMILES string of the molecule is CC1CC(CN)CN1CCNS(C)(=O)=O.Cl. The summed E-state index contributed by atoms with van der Waals surface area (Å²) in [7, 11) is -3.05. The molecule has 0 aliphatic carbocycles. The van der Waals surface area contributed by atoms with Gasteiger partial charge in [-0.15, -0.1) is 12.4 Å². The number of nitrogens with two attached hydrogens (primary N) is 1. The van der Waals surface area contributed by atoms with Crippen LogP contribution in [-0.2, 0) is 10.0 Å². The fraction of sp³-hybridized carbons (Fsp3) is 1.00. The van der Waals surface area contributed by atoms with Crippen molar-refractivity contribution in [2.24, 2.45) is 11.7 Å². The van der Waals surface area contributed by atoms with Crippen LogP contribution in [0.2, 0.25) is 0 Å². The standard InChI is InChI=1S/C9H21N3O2S.ClH/c1-8-5-9(6-10)7-12(8)4-3-11-15(2,13)14;/h8-9,11H,3-7,10H2,1-2H3;1H. The Kier molecular flexibility index (Phi) is 6.81. The van der Waals surface area contributed by atoms with E-state index in [1.807, 2.05) is 0 Å². The monoisotopic (exact) mass is 271 g/mol. The van der Waals surface area contributed by atoms with Gasteiger partial charge >= 0.3 is 0 Å². The van der Waals surface area contributed by atoms with Crippen molar-refractivity contribution in [3.63, 3.8) is 0 Å². The average molecular weight is 272 g/mol. The lowest BCUT2D eigenvalue weighted by Crippen LogP contribution is -2.36. The van der Waals surface area contributed by atoms with E-state index >= 15 is 0 Å². The number of hydrogen-bond acceptors (Lipinski definition) is 4. The molecule has 0 aromatic heterocycles. The highest BCUT2D eigenvalue weighted by atomic mass is 35.5. The van der Waals surface area contributed by atoms with Gasteiger partial charge in [-0.3, -0.25) is 4.90 Å². The van der Waals surface area contributed by atoms with Crippen molar-refractivity contribution in [2.75, 3.05) is 32.4 Å². The number of nitrogens with zero attached hydrogens (tertiary/aromatic N) is 1. The number of sulfonamides is 1. The first-order valence-corrected chi connectivity index (χ1v) is 7.20. The molecule has 1 aliphatic heterocycles. The molecule has 1 heterocycles. The summed E-state index contributed by atoms with van der Waals surface area (Å²) in [5.41, 5.74) is 5.62. The zero-order chi connectivity index (χ0) is 11.5. The van der Waals surface area contributed by atoms with Crippen LogP contribution in [0.5, 0.6) is 0 Å². The molecule has 0 amide bonds. The largest absolute Gasteiger partial charge is 0.330 e. The first-order valence-electron chi connectivity index (χ1n) is 5.31. The Hall–Kier alpha value is 0.120. The number of nitrogens with one attached hydrogen (secondary N) is 1. The van der Waals surface area contributed by atoms with Crippen molar-refractivity contribution in [1.29, 1.82) is 0 Å². The van der Waals surface area contributed by atoms with Crippen molar-refractivity contribution >= 4 is 22.4 Å². The van der Waals surface area contributed by atoms with Gasteiger partial charge in [-0.1, -0.05) is 0 Å². The van der Waals surface area contributed by atoms with Gasteiger partial charge in [0.25, 0.3) is 0 Å². The van der Waals surface area contributed by atoms with Crippen molar-refractivity contribution < 1.29 is 8.42 Å². The van der Waals surface area contributed by atoms with Crippen molar-refractivity contribution in [3.8, 4) is 0 Å². The fourth-order valence-electron chi connectivity index (χ4n) is 2.07. The van der Waals surface area contributed by atoms with E-state index in [0.29, 0.717) is 18.5 Å². The van der Waals surface area contributed by atoms with Crippen LogP contribution in [0.25, 0.3) is 0 Å². The first-order chi connectivity index (χ1) is 6.92. The number of hydrogen-bond donors (Lipinski definition) is 2. The van der Waals surface area contributed by atoms with Crippen LogP contribution in [0.3, 0.4) is 0 Å². The highest BCUT2D eigenvalue weighted by molar-refractivity contribution is 7.88. The first kappa shape index (κ1) is 16.1. The molecular formula is C9H22ClN3O2S. The zero-order valence-corrected chi connectivity index (χ0v) is 11.5. The Morgan fingerprint density at radius 2 is 2.12 bits per heavy atom. The lowest BCUT2D eigenvalue weighted by molar-refractivity contribution is 0.269. The Morgan fingerprint density at radius 3 is 2.56 bits per heavy atom. The fourth-order valence-corrected chi connectivity index (χ4v) is 2.54. The summed E-state index contributed by atoms with van der Waals surface area (Å²) >= 11 is 0. The molecule has 5 nitrogen and oxygen atoms in total. The molecule has 0 saturated carbocycles. The van der Waals surface area contributed by atoms with Crippen LogP contribution < -0.4 is 10.5 Å². The van der Waals surface area contributed by atoms with Crippen LogP contribution in [-0.4, -0.2) is 51.8 Å². The van der Waals surface area contributed by atoms with Gasteiger partial charge in [0.15, 0.2) is 0 Å². The third-order valence-corrected chi connectivity index (χ3v) is 3.62. The molecule has 2 atom stereocenters. The molecule has 0 spiro atoms. The van der Waals surface area contributed by atoms with Gasteiger partial charge < -0.3 is 5.73 Å². The van der Waals surface area contributed by atoms with Crippen LogP contribution >= 0.6 is 12.4 Å². The van der Waals surface area contributed by atoms with Gasteiger partial charge in [-0.2, -0.15) is 0 Å². The molecule has 1 fully saturated rings. The maximum atomic E-state index is 10.9. The second kappa shape index (κ2) is 6.76. The van der Waals surface area contributed by atoms with E-state index in [2.05, 4.69) is 16.5 Å². The molecule has 98 valence electrons. The molecule has 0 aromatic rings. The molecule has 0 bridgehead atoms. The van der Waals surface area contributed by atoms with Gasteiger partial charge in [-0.25, -0.2) is 13.1 Å². The molecule has 3 N–H and O–H groups in total. The molecule has 2 unspecified atom stereocenters. The van der Waals surface area contributed by atoms with Gasteiger partial charge in [0.05, 0.1) is 6.26 Å². The third kappa shape index (κ3) is 5.45. The Morgan fingerprint density at radius 1 is 1.50 bits per heavy atom. The van der Waals surface area contributed by atoms with Gasteiger partial charge in [0.2, 0.25) is 10.0 Å². The van der Waals surface area contributed by atoms with Crippen LogP contribution in [0.4, 0.5) is 0 Å². The van der Waals surface area contributed by atoms with Crippen LogP contribution in [0.15, 0.2) is 0 Å². The molecule has 1 aliphatic rings. The number of halogens is 1. The highest BCUT2D eigenvalue weighted by Crippen LogP contribution is 2.21. The summed E-state index contributed by atoms with van der Waals surface area (Å²) in [5, 5.41) is 0. The molecule has 0 aromatic carbocycles. The van der Waals surface area contributed by atoms with E-state index < -0.39 is 10.0 Å². The minimum atomic E-state index is -3.05. The van der Waals surface area contributed by atoms with E-state index in [4.69, 9.17) is 5.73 Å². The summed E-state index contributed by atoms with van der Waals surface area (Å²) in [6, 6.07) is 0.514. The minimum absolute atomic E-state index is 0. The number of rotatable bonds is 5. The minimum Gasteiger partial charge on any atom is -0.330 e. The molecule has 1 rings (SSSR count). The van der Waals surface area contributed by atoms with E-state index in [1.54, 1.807) is 0 Å². The maximum absolute atomic E-state index is 10.9. The molecule has 1 saturated heterocycles. The highest BCUT2D eigenvalue weighted by Gasteiger charge is 2.27. The summed E-state index contributed by atoms with van der Waals surface area (Å²) in [5.74, 6) is 0.568. The molecule has 7 heteroatoms. The Balaban J connectivity index is 0.00000225. The predicted octanol–water partition coefficient (Wildman–Crippen LogP) is -0.373. The van der Waals surface area contributed by atoms with E-state index in [0.717, 1.165) is 26.1 Å². The third-order valence-electron chi connectivity index (χ3n) is 2.89. The van der Waals surface area contributed by atoms with E-state index in [9.17, 15) is 8.42 Å². The summed E-state index contributed by atoms with van der Waals surface area (Å²) in [6.07, 6.45) is 2.30. The van der Waals surface area contributed by atoms with Crippen molar-refractivity contribution in [1.82, 2.24) is 9.62 Å². The smallest absolute Gasteiger partial charge is 0.208 e. The predicted molar refractivity (Wildman–Crippen MR) is 68.3 cm³/mol. The quantitative estimate of drug-likeness (QED) is 0.715. The zero-order valence-electron chi connectivity index (χ0n) is 9.85. The van der Waals surface area contributed by atoms with E-state index in [1.165, 1.54) is 6.26 Å². The lowest BCUT2D eigenvalue weighted by atomic mass is 10.1. The second-order valence-corrected chi connectivity index (χ2v) is 6.18. The Bertz CT molecular complexity index is 297. The second-order valence-electron chi connectivity index (χ2n) is 4.35. The van der Waals surface area contributed by atoms with Gasteiger partial charge in [0.1, 0.15) is 0 Å². The lowest BCUT2D eigenvalue weighted by Gasteiger charge is -2.20. The average Bonchev–Trinajstić information content (AvgIpc) is 2.45. The summed E-state index contributed by atoms with van der Waals surface area (Å²) in [4.78, 5) is 2.29. The number of likely N-dealkylation sites (tertiary alicyclic amines) is 1. The molecular weight excluding hydrogens is 250 g/mol. The van der Waals surface area contributed by atoms with Crippen molar-refractivity contribution in [3.05, 3.63) is 0 Å². The van der Waals surface area contributed by atoms with Crippen LogP contribution in [0, 0.1) is 5.92 Å². The van der Waals surface area contributed by atoms with Crippen molar-refractivity contribution in [2.45, 2.75) is 19.4 Å². The topological polar surface area (TPSA) is 75.4 Å².